The van der Waals surface area contributed by atoms with Gasteiger partial charge in [-0.3, -0.25) is 4.99 Å². The van der Waals surface area contributed by atoms with E-state index in [2.05, 4.69) is 66.5 Å². The third-order valence-corrected chi connectivity index (χ3v) is 4.96. The van der Waals surface area contributed by atoms with E-state index in [-0.39, 0.29) is 18.3 Å². The molecule has 1 saturated heterocycles. The average molecular weight is 339 g/mol. The Morgan fingerprint density at radius 1 is 1.12 bits per heavy atom. The maximum atomic E-state index is 6.08. The van der Waals surface area contributed by atoms with Crippen LogP contribution in [0.3, 0.4) is 0 Å². The second-order valence-corrected chi connectivity index (χ2v) is 7.44. The molecule has 0 N–H and O–H groups in total. The molecule has 0 aliphatic carbocycles. The number of rotatable bonds is 6. The molecule has 6 heteroatoms. The van der Waals surface area contributed by atoms with E-state index in [0.29, 0.717) is 0 Å². The van der Waals surface area contributed by atoms with E-state index in [1.54, 1.807) is 6.20 Å². The molecule has 0 unspecified atom stereocenters. The summed E-state index contributed by atoms with van der Waals surface area (Å²) in [6, 6.07) is 8.21. The van der Waals surface area contributed by atoms with Gasteiger partial charge in [0.1, 0.15) is 0 Å². The van der Waals surface area contributed by atoms with Crippen LogP contribution in [-0.2, 0) is 15.9 Å². The molecule has 1 aromatic carbocycles. The van der Waals surface area contributed by atoms with Crippen molar-refractivity contribution in [2.75, 3.05) is 6.54 Å². The molecule has 1 fully saturated rings. The molecule has 1 aliphatic rings. The summed E-state index contributed by atoms with van der Waals surface area (Å²) >= 11 is 0. The monoisotopic (exact) mass is 339 g/mol. The Balaban J connectivity index is 1.51. The van der Waals surface area contributed by atoms with E-state index in [0.717, 1.165) is 30.5 Å². The van der Waals surface area contributed by atoms with Gasteiger partial charge in [0.25, 0.3) is 0 Å². The van der Waals surface area contributed by atoms with Gasteiger partial charge in [0.15, 0.2) is 0 Å². The van der Waals surface area contributed by atoms with Crippen LogP contribution in [0.5, 0.6) is 0 Å². The van der Waals surface area contributed by atoms with Crippen molar-refractivity contribution >= 4 is 18.8 Å². The number of aryl methyl sites for hydroxylation is 1. The summed E-state index contributed by atoms with van der Waals surface area (Å²) in [7, 11) is -0.314. The summed E-state index contributed by atoms with van der Waals surface area (Å²) in [4.78, 5) is 8.52. The Labute approximate surface area is 150 Å². The molecule has 1 aliphatic heterocycles. The maximum Gasteiger partial charge on any atom is 0.494 e. The third-order valence-electron chi connectivity index (χ3n) is 4.96. The number of imidazole rings is 1. The van der Waals surface area contributed by atoms with Gasteiger partial charge in [-0.25, -0.2) is 4.98 Å². The molecule has 3 rings (SSSR count). The molecular weight excluding hydrogens is 313 g/mol. The Morgan fingerprint density at radius 2 is 1.80 bits per heavy atom. The Kier molecular flexibility index (Phi) is 5.11. The highest BCUT2D eigenvalue weighted by Gasteiger charge is 2.51. The molecule has 1 aromatic heterocycles. The standard InChI is InChI=1S/C19H26BN3O2/c1-18(2)19(3,4)25-20(24-18)17-8-6-16(7-9-17)14-21-10-5-12-23-13-11-22-15-23/h6-9,11,13-15H,5,10,12H2,1-4H3. The number of aromatic nitrogens is 2. The van der Waals surface area contributed by atoms with E-state index >= 15 is 0 Å². The fourth-order valence-corrected chi connectivity index (χ4v) is 2.65. The number of benzene rings is 1. The van der Waals surface area contributed by atoms with Crippen LogP contribution in [0, 0.1) is 0 Å². The average Bonchev–Trinajstić information content (AvgIpc) is 3.14. The van der Waals surface area contributed by atoms with Gasteiger partial charge in [0, 0.05) is 31.7 Å². The van der Waals surface area contributed by atoms with Crippen molar-refractivity contribution in [3.8, 4) is 0 Å². The molecule has 0 atom stereocenters. The highest BCUT2D eigenvalue weighted by molar-refractivity contribution is 6.62. The van der Waals surface area contributed by atoms with E-state index in [1.807, 2.05) is 18.7 Å². The quantitative estimate of drug-likeness (QED) is 0.462. The van der Waals surface area contributed by atoms with E-state index < -0.39 is 0 Å². The van der Waals surface area contributed by atoms with E-state index in [9.17, 15) is 0 Å². The van der Waals surface area contributed by atoms with Gasteiger partial charge >= 0.3 is 7.12 Å². The van der Waals surface area contributed by atoms with Crippen molar-refractivity contribution in [1.29, 1.82) is 0 Å². The number of nitrogens with zero attached hydrogens (tertiary/aromatic N) is 3. The predicted octanol–water partition coefficient (Wildman–Crippen LogP) is 2.69. The van der Waals surface area contributed by atoms with Crippen LogP contribution < -0.4 is 5.46 Å². The SMILES string of the molecule is CC1(C)OB(c2ccc(C=NCCCn3ccnc3)cc2)OC1(C)C. The minimum Gasteiger partial charge on any atom is -0.399 e. The van der Waals surface area contributed by atoms with Crippen molar-refractivity contribution in [2.45, 2.75) is 51.9 Å². The second-order valence-electron chi connectivity index (χ2n) is 7.44. The van der Waals surface area contributed by atoms with E-state index in [1.165, 1.54) is 0 Å². The lowest BCUT2D eigenvalue weighted by atomic mass is 9.79. The largest absolute Gasteiger partial charge is 0.494 e. The van der Waals surface area contributed by atoms with Crippen LogP contribution in [0.2, 0.25) is 0 Å². The van der Waals surface area contributed by atoms with Crippen LogP contribution in [-0.4, -0.2) is 40.6 Å². The lowest BCUT2D eigenvalue weighted by molar-refractivity contribution is 0.00578. The summed E-state index contributed by atoms with van der Waals surface area (Å²) < 4.78 is 14.2. The van der Waals surface area contributed by atoms with E-state index in [4.69, 9.17) is 9.31 Å². The van der Waals surface area contributed by atoms with Gasteiger partial charge in [-0.2, -0.15) is 0 Å². The Morgan fingerprint density at radius 3 is 2.40 bits per heavy atom. The minimum absolute atomic E-state index is 0.312. The van der Waals surface area contributed by atoms with Crippen LogP contribution in [0.15, 0.2) is 48.0 Å². The summed E-state index contributed by atoms with van der Waals surface area (Å²) in [6.45, 7) is 10.0. The van der Waals surface area contributed by atoms with Crippen molar-refractivity contribution in [1.82, 2.24) is 9.55 Å². The molecule has 2 aromatic rings. The smallest absolute Gasteiger partial charge is 0.399 e. The number of aliphatic imine (C=N–C) groups is 1. The van der Waals surface area contributed by atoms with Crippen molar-refractivity contribution < 1.29 is 9.31 Å². The molecule has 132 valence electrons. The molecule has 0 radical (unpaired) electrons. The molecule has 5 nitrogen and oxygen atoms in total. The summed E-state index contributed by atoms with van der Waals surface area (Å²) in [5.74, 6) is 0. The minimum atomic E-state index is -0.314. The van der Waals surface area contributed by atoms with Gasteiger partial charge in [-0.1, -0.05) is 24.3 Å². The Bertz CT molecular complexity index is 693. The van der Waals surface area contributed by atoms with Crippen LogP contribution in [0.4, 0.5) is 0 Å². The number of hydrogen-bond donors (Lipinski definition) is 0. The lowest BCUT2D eigenvalue weighted by Crippen LogP contribution is -2.41. The maximum absolute atomic E-state index is 6.08. The zero-order chi connectivity index (χ0) is 17.9. The summed E-state index contributed by atoms with van der Waals surface area (Å²) in [6.07, 6.45) is 8.52. The first kappa shape index (κ1) is 17.9. The first-order chi connectivity index (χ1) is 11.9. The fourth-order valence-electron chi connectivity index (χ4n) is 2.65. The van der Waals surface area contributed by atoms with Crippen LogP contribution in [0.1, 0.15) is 39.7 Å². The zero-order valence-electron chi connectivity index (χ0n) is 15.5. The fraction of sp³-hybridized carbons (Fsp3) is 0.474. The topological polar surface area (TPSA) is 48.6 Å². The van der Waals surface area contributed by atoms with Crippen LogP contribution in [0.25, 0.3) is 0 Å². The normalized spacial score (nSPS) is 19.0. The molecule has 0 amide bonds. The first-order valence-corrected chi connectivity index (χ1v) is 8.79. The van der Waals surface area contributed by atoms with Crippen molar-refractivity contribution in [3.05, 3.63) is 48.5 Å². The Hall–Kier alpha value is -1.92. The summed E-state index contributed by atoms with van der Waals surface area (Å²) in [5.41, 5.74) is 1.50. The molecule has 0 saturated carbocycles. The second kappa shape index (κ2) is 7.14. The van der Waals surface area contributed by atoms with Gasteiger partial charge in [-0.15, -0.1) is 0 Å². The van der Waals surface area contributed by atoms with Gasteiger partial charge in [-0.05, 0) is 45.1 Å². The molecular formula is C19H26BN3O2. The molecule has 25 heavy (non-hydrogen) atoms. The molecule has 0 bridgehead atoms. The van der Waals surface area contributed by atoms with Crippen LogP contribution >= 0.6 is 0 Å². The van der Waals surface area contributed by atoms with Gasteiger partial charge in [0.2, 0.25) is 0 Å². The zero-order valence-corrected chi connectivity index (χ0v) is 15.5. The lowest BCUT2D eigenvalue weighted by Gasteiger charge is -2.32. The third kappa shape index (κ3) is 4.19. The predicted molar refractivity (Wildman–Crippen MR) is 101 cm³/mol. The van der Waals surface area contributed by atoms with Crippen molar-refractivity contribution in [2.24, 2.45) is 4.99 Å². The summed E-state index contributed by atoms with van der Waals surface area (Å²) in [5, 5.41) is 0. The van der Waals surface area contributed by atoms with Crippen molar-refractivity contribution in [3.63, 3.8) is 0 Å². The van der Waals surface area contributed by atoms with Gasteiger partial charge < -0.3 is 13.9 Å². The number of hydrogen-bond acceptors (Lipinski definition) is 4. The molecule has 0 spiro atoms. The highest BCUT2D eigenvalue weighted by Crippen LogP contribution is 2.36. The van der Waals surface area contributed by atoms with Gasteiger partial charge in [0.05, 0.1) is 17.5 Å². The molecule has 2 heterocycles. The first-order valence-electron chi connectivity index (χ1n) is 8.79. The highest BCUT2D eigenvalue weighted by atomic mass is 16.7.